The van der Waals surface area contributed by atoms with Crippen molar-refractivity contribution in [1.29, 1.82) is 0 Å². The van der Waals surface area contributed by atoms with E-state index in [0.717, 1.165) is 86.3 Å². The first-order chi connectivity index (χ1) is 30.6. The van der Waals surface area contributed by atoms with Gasteiger partial charge in [0.1, 0.15) is 46.4 Å². The van der Waals surface area contributed by atoms with E-state index in [4.69, 9.17) is 35.5 Å². The second kappa shape index (κ2) is 20.6. The molecule has 13 heteroatoms. The smallest absolute Gasteiger partial charge is 0.163 e. The second-order valence-electron chi connectivity index (χ2n) is 16.5. The number of aryl methyl sites for hydroxylation is 1. The number of hydrogen-bond donors (Lipinski definition) is 2. The summed E-state index contributed by atoms with van der Waals surface area (Å²) in [7, 11) is 3.35. The molecule has 2 aliphatic rings. The molecule has 10 rings (SSSR count). The van der Waals surface area contributed by atoms with Crippen LogP contribution in [0.4, 0.5) is 11.6 Å². The van der Waals surface area contributed by atoms with Crippen LogP contribution in [-0.2, 0) is 29.0 Å². The highest BCUT2D eigenvalue weighted by molar-refractivity contribution is 9.10. The number of aromatic nitrogens is 5. The fourth-order valence-corrected chi connectivity index (χ4v) is 9.19. The molecule has 65 heavy (non-hydrogen) atoms. The van der Waals surface area contributed by atoms with Gasteiger partial charge >= 0.3 is 0 Å². The van der Waals surface area contributed by atoms with Gasteiger partial charge in [-0.25, -0.2) is 19.9 Å². The number of fused-ring (bicyclic) bond motifs is 4. The monoisotopic (exact) mass is 957 g/mol. The summed E-state index contributed by atoms with van der Waals surface area (Å²) < 4.78 is 26.6. The van der Waals surface area contributed by atoms with E-state index in [-0.39, 0.29) is 33.1 Å². The molecule has 1 aliphatic heterocycles. The largest absolute Gasteiger partial charge is 0.497 e. The molecular formula is C52H57BrClN7O4. The van der Waals surface area contributed by atoms with Crippen molar-refractivity contribution in [1.82, 2.24) is 24.5 Å². The summed E-state index contributed by atoms with van der Waals surface area (Å²) in [6, 6.07) is 39.1. The predicted octanol–water partition coefficient (Wildman–Crippen LogP) is 12.9. The van der Waals surface area contributed by atoms with E-state index in [1.807, 2.05) is 80.6 Å². The number of nitrogens with one attached hydrogen (secondary N) is 2. The predicted molar refractivity (Wildman–Crippen MR) is 267 cm³/mol. The third-order valence-electron chi connectivity index (χ3n) is 11.8. The van der Waals surface area contributed by atoms with Crippen molar-refractivity contribution in [3.8, 4) is 11.5 Å². The lowest BCUT2D eigenvalue weighted by atomic mass is 9.95. The first-order valence-electron chi connectivity index (χ1n) is 21.1. The molecule has 5 heterocycles. The number of benzene rings is 4. The molecule has 0 unspecified atom stereocenters. The SMILES string of the molecule is C.C.COc1ccc(CNc2ccc3ccc(Br)cc3n2)cc1.COc1ccc(CNc2ccc3ccc(CC[C@H]4C[C@@H](n5ccc6c(Cl)ncnc65)[C@@H]5OC(C)(C)O[C@H]45)cc3n2)cc1. The topological polar surface area (TPSA) is 117 Å². The van der Waals surface area contributed by atoms with Gasteiger partial charge in [-0.3, -0.25) is 0 Å². The van der Waals surface area contributed by atoms with Gasteiger partial charge in [-0.05, 0) is 129 Å². The summed E-state index contributed by atoms with van der Waals surface area (Å²) in [5.41, 5.74) is 6.43. The lowest BCUT2D eigenvalue weighted by Gasteiger charge is -2.24. The molecule has 4 aromatic heterocycles. The number of methoxy groups -OCH3 is 2. The Bertz CT molecular complexity index is 2860. The van der Waals surface area contributed by atoms with Crippen LogP contribution in [0.2, 0.25) is 5.15 Å². The zero-order chi connectivity index (χ0) is 43.5. The average molecular weight is 959 g/mol. The number of pyridine rings is 2. The molecular weight excluding hydrogens is 902 g/mol. The molecule has 0 bridgehead atoms. The van der Waals surface area contributed by atoms with Gasteiger partial charge in [-0.2, -0.15) is 0 Å². The van der Waals surface area contributed by atoms with Crippen molar-refractivity contribution >= 4 is 72.0 Å². The van der Waals surface area contributed by atoms with Gasteiger partial charge in [0.05, 0.1) is 42.8 Å². The number of nitrogens with zero attached hydrogens (tertiary/aromatic N) is 5. The molecule has 0 radical (unpaired) electrons. The number of anilines is 2. The molecule has 11 nitrogen and oxygen atoms in total. The molecule has 1 aliphatic carbocycles. The summed E-state index contributed by atoms with van der Waals surface area (Å²) in [6.45, 7) is 5.43. The number of hydrogen-bond acceptors (Lipinski definition) is 10. The molecule has 1 saturated heterocycles. The molecule has 0 amide bonds. The molecule has 338 valence electrons. The van der Waals surface area contributed by atoms with Crippen LogP contribution >= 0.6 is 27.5 Å². The molecule has 2 N–H and O–H groups in total. The van der Waals surface area contributed by atoms with Crippen LogP contribution in [0.5, 0.6) is 11.5 Å². The van der Waals surface area contributed by atoms with Crippen molar-refractivity contribution in [2.75, 3.05) is 24.9 Å². The minimum absolute atomic E-state index is 0. The molecule has 1 saturated carbocycles. The van der Waals surface area contributed by atoms with E-state index in [1.165, 1.54) is 23.0 Å². The average Bonchev–Trinajstić information content (AvgIpc) is 3.98. The first kappa shape index (κ1) is 47.2. The Hall–Kier alpha value is -5.79. The van der Waals surface area contributed by atoms with Gasteiger partial charge in [-0.15, -0.1) is 0 Å². The Morgan fingerprint density at radius 2 is 1.26 bits per heavy atom. The molecule has 8 aromatic rings. The highest BCUT2D eigenvalue weighted by Crippen LogP contribution is 2.49. The fraction of sp³-hybridized carbons (Fsp3) is 0.308. The van der Waals surface area contributed by atoms with Crippen LogP contribution in [0.25, 0.3) is 32.8 Å². The van der Waals surface area contributed by atoms with Crippen molar-refractivity contribution in [3.05, 3.63) is 154 Å². The quantitative estimate of drug-likeness (QED) is 0.115. The van der Waals surface area contributed by atoms with Crippen molar-refractivity contribution in [3.63, 3.8) is 0 Å². The normalized spacial score (nSPS) is 18.2. The molecule has 4 atom stereocenters. The van der Waals surface area contributed by atoms with Crippen molar-refractivity contribution in [2.45, 2.75) is 85.1 Å². The number of halogens is 2. The van der Waals surface area contributed by atoms with Crippen molar-refractivity contribution in [2.24, 2.45) is 5.92 Å². The Balaban J connectivity index is 0.000000232. The van der Waals surface area contributed by atoms with Crippen molar-refractivity contribution < 1.29 is 18.9 Å². The van der Waals surface area contributed by atoms with Crippen LogP contribution in [0, 0.1) is 5.92 Å². The summed E-state index contributed by atoms with van der Waals surface area (Å²) >= 11 is 9.83. The van der Waals surface area contributed by atoms with Gasteiger partial charge < -0.3 is 34.1 Å². The lowest BCUT2D eigenvalue weighted by Crippen LogP contribution is -2.27. The van der Waals surface area contributed by atoms with E-state index in [9.17, 15) is 0 Å². The third-order valence-corrected chi connectivity index (χ3v) is 12.6. The van der Waals surface area contributed by atoms with Crippen LogP contribution in [-0.4, -0.2) is 56.7 Å². The zero-order valence-electron chi connectivity index (χ0n) is 35.6. The van der Waals surface area contributed by atoms with Crippen LogP contribution in [0.1, 0.15) is 64.3 Å². The van der Waals surface area contributed by atoms with Gasteiger partial charge in [0, 0.05) is 34.5 Å². The van der Waals surface area contributed by atoms with E-state index < -0.39 is 5.79 Å². The molecule has 4 aromatic carbocycles. The maximum atomic E-state index is 6.48. The minimum Gasteiger partial charge on any atom is -0.497 e. The Labute approximate surface area is 395 Å². The minimum atomic E-state index is -0.621. The lowest BCUT2D eigenvalue weighted by molar-refractivity contribution is -0.160. The van der Waals surface area contributed by atoms with E-state index >= 15 is 0 Å². The third kappa shape index (κ3) is 10.8. The van der Waals surface area contributed by atoms with Gasteiger partial charge in [0.2, 0.25) is 0 Å². The maximum Gasteiger partial charge on any atom is 0.163 e. The highest BCUT2D eigenvalue weighted by atomic mass is 79.9. The standard InChI is InChI=1S/C33H34ClN5O3.C17H15BrN2O.2CH4/c1-33(2)41-29-23(17-27(30(29)42-33)39-15-14-25-31(34)36-19-37-32(25)39)9-5-20-4-8-22-10-13-28(38-26(22)16-20)35-18-21-6-11-24(40-3)12-7-21;1-21-15-7-2-12(3-8-15)11-19-17-9-5-13-4-6-14(18)10-16(13)20-17;;/h4,6-8,10-16,19,23,27,29-30H,5,9,17-18H2,1-3H3,(H,35,38);2-10H,11H2,1H3,(H,19,20);2*1H4/t23-,27+,29+,30-;;;/m0.../s1. The van der Waals surface area contributed by atoms with Gasteiger partial charge in [0.25, 0.3) is 0 Å². The summed E-state index contributed by atoms with van der Waals surface area (Å²) in [4.78, 5) is 18.2. The Morgan fingerprint density at radius 1 is 0.708 bits per heavy atom. The Kier molecular flexibility index (Phi) is 14.9. The fourth-order valence-electron chi connectivity index (χ4n) is 8.65. The summed E-state index contributed by atoms with van der Waals surface area (Å²) in [6.07, 6.45) is 6.42. The molecule has 2 fully saturated rings. The maximum absolute atomic E-state index is 6.48. The van der Waals surface area contributed by atoms with E-state index in [0.29, 0.717) is 17.6 Å². The Morgan fingerprint density at radius 3 is 1.88 bits per heavy atom. The second-order valence-corrected chi connectivity index (χ2v) is 17.7. The number of rotatable bonds is 12. The summed E-state index contributed by atoms with van der Waals surface area (Å²) in [5, 5.41) is 10.4. The van der Waals surface area contributed by atoms with Crippen LogP contribution in [0.15, 0.2) is 132 Å². The van der Waals surface area contributed by atoms with E-state index in [2.05, 4.69) is 101 Å². The zero-order valence-corrected chi connectivity index (χ0v) is 37.9. The van der Waals surface area contributed by atoms with Crippen LogP contribution in [0.3, 0.4) is 0 Å². The van der Waals surface area contributed by atoms with Gasteiger partial charge in [0.15, 0.2) is 5.79 Å². The summed E-state index contributed by atoms with van der Waals surface area (Å²) in [5.74, 6) is 3.18. The van der Waals surface area contributed by atoms with Crippen LogP contribution < -0.4 is 20.1 Å². The molecule has 0 spiro atoms. The highest BCUT2D eigenvalue weighted by Gasteiger charge is 2.54. The number of ether oxygens (including phenoxy) is 4. The van der Waals surface area contributed by atoms with E-state index in [1.54, 1.807) is 14.2 Å². The first-order valence-corrected chi connectivity index (χ1v) is 22.3. The van der Waals surface area contributed by atoms with Gasteiger partial charge in [-0.1, -0.05) is 84.8 Å².